The highest BCUT2D eigenvalue weighted by atomic mass is 32.3. The van der Waals surface area contributed by atoms with Gasteiger partial charge in [-0.15, -0.1) is 3.89 Å². The standard InChI is InChI=1S/C15H13FN2O4S/c16-23(21,22)10-12-9-13(18(19)20)5-6-15(12)17-8-7-11-3-1-2-4-14(11)17/h1-6,9H,7-8,10H2. The summed E-state index contributed by atoms with van der Waals surface area (Å²) < 4.78 is 35.2. The first-order chi connectivity index (χ1) is 10.8. The third-order valence-corrected chi connectivity index (χ3v) is 4.44. The van der Waals surface area contributed by atoms with Crippen LogP contribution in [-0.2, 0) is 22.4 Å². The molecule has 2 aromatic rings. The number of halogens is 1. The summed E-state index contributed by atoms with van der Waals surface area (Å²) in [7, 11) is -4.80. The highest BCUT2D eigenvalue weighted by Gasteiger charge is 2.25. The predicted molar refractivity (Wildman–Crippen MR) is 84.0 cm³/mol. The van der Waals surface area contributed by atoms with Crippen LogP contribution in [0.25, 0.3) is 0 Å². The minimum Gasteiger partial charge on any atom is -0.341 e. The van der Waals surface area contributed by atoms with Crippen LogP contribution in [0.15, 0.2) is 42.5 Å². The van der Waals surface area contributed by atoms with Crippen molar-refractivity contribution in [3.8, 4) is 0 Å². The van der Waals surface area contributed by atoms with Crippen LogP contribution < -0.4 is 4.90 Å². The molecule has 1 heterocycles. The fourth-order valence-corrected chi connectivity index (χ4v) is 3.44. The molecule has 23 heavy (non-hydrogen) atoms. The van der Waals surface area contributed by atoms with Gasteiger partial charge in [-0.25, -0.2) is 0 Å². The van der Waals surface area contributed by atoms with Gasteiger partial charge in [0.1, 0.15) is 5.75 Å². The lowest BCUT2D eigenvalue weighted by molar-refractivity contribution is -0.384. The van der Waals surface area contributed by atoms with Crippen molar-refractivity contribution in [3.63, 3.8) is 0 Å². The van der Waals surface area contributed by atoms with E-state index in [9.17, 15) is 22.4 Å². The number of hydrogen-bond donors (Lipinski definition) is 0. The molecule has 0 amide bonds. The van der Waals surface area contributed by atoms with E-state index in [1.807, 2.05) is 29.2 Å². The minimum absolute atomic E-state index is 0.0819. The molecule has 1 aliphatic heterocycles. The smallest absolute Gasteiger partial charge is 0.306 e. The maximum atomic E-state index is 13.2. The summed E-state index contributed by atoms with van der Waals surface area (Å²) in [5, 5.41) is 10.9. The Labute approximate surface area is 132 Å². The fraction of sp³-hybridized carbons (Fsp3) is 0.200. The van der Waals surface area contributed by atoms with Crippen LogP contribution in [0.4, 0.5) is 20.9 Å². The number of non-ortho nitro benzene ring substituents is 1. The first-order valence-corrected chi connectivity index (χ1v) is 8.45. The van der Waals surface area contributed by atoms with Gasteiger partial charge in [0.25, 0.3) is 5.69 Å². The van der Waals surface area contributed by atoms with Gasteiger partial charge in [-0.2, -0.15) is 8.42 Å². The molecule has 0 aliphatic carbocycles. The average molecular weight is 336 g/mol. The number of benzene rings is 2. The van der Waals surface area contributed by atoms with E-state index in [4.69, 9.17) is 0 Å². The van der Waals surface area contributed by atoms with Crippen LogP contribution in [0.2, 0.25) is 0 Å². The zero-order chi connectivity index (χ0) is 16.6. The first kappa shape index (κ1) is 15.4. The summed E-state index contributed by atoms with van der Waals surface area (Å²) in [4.78, 5) is 12.1. The van der Waals surface area contributed by atoms with Crippen molar-refractivity contribution in [1.82, 2.24) is 0 Å². The monoisotopic (exact) mass is 336 g/mol. The Morgan fingerprint density at radius 1 is 1.17 bits per heavy atom. The third-order valence-electron chi connectivity index (χ3n) is 3.78. The summed E-state index contributed by atoms with van der Waals surface area (Å²) in [5.41, 5.74) is 2.29. The number of nitrogens with zero attached hydrogens (tertiary/aromatic N) is 2. The molecule has 8 heteroatoms. The van der Waals surface area contributed by atoms with Gasteiger partial charge in [-0.3, -0.25) is 10.1 Å². The highest BCUT2D eigenvalue weighted by Crippen LogP contribution is 2.38. The van der Waals surface area contributed by atoms with Crippen molar-refractivity contribution in [2.24, 2.45) is 0 Å². The molecule has 0 spiro atoms. The second-order valence-corrected chi connectivity index (χ2v) is 6.65. The number of anilines is 2. The molecule has 0 radical (unpaired) electrons. The number of nitro groups is 1. The molecule has 0 atom stereocenters. The maximum Gasteiger partial charge on any atom is 0.306 e. The third kappa shape index (κ3) is 3.16. The van der Waals surface area contributed by atoms with E-state index >= 15 is 0 Å². The van der Waals surface area contributed by atoms with Gasteiger partial charge in [0, 0.05) is 35.6 Å². The van der Waals surface area contributed by atoms with E-state index in [0.717, 1.165) is 23.7 Å². The van der Waals surface area contributed by atoms with E-state index in [1.165, 1.54) is 12.1 Å². The van der Waals surface area contributed by atoms with Gasteiger partial charge in [-0.1, -0.05) is 18.2 Å². The first-order valence-electron chi connectivity index (χ1n) is 6.90. The molecule has 2 aromatic carbocycles. The van der Waals surface area contributed by atoms with Crippen molar-refractivity contribution < 1.29 is 17.2 Å². The fourth-order valence-electron chi connectivity index (χ4n) is 2.84. The second kappa shape index (κ2) is 5.62. The summed E-state index contributed by atoms with van der Waals surface area (Å²) in [6.45, 7) is 0.608. The molecule has 6 nitrogen and oxygen atoms in total. The van der Waals surface area contributed by atoms with E-state index in [2.05, 4.69) is 0 Å². The van der Waals surface area contributed by atoms with E-state index in [0.29, 0.717) is 12.2 Å². The van der Waals surface area contributed by atoms with Crippen LogP contribution >= 0.6 is 0 Å². The lowest BCUT2D eigenvalue weighted by Crippen LogP contribution is -2.16. The van der Waals surface area contributed by atoms with Gasteiger partial charge in [0.15, 0.2) is 0 Å². The van der Waals surface area contributed by atoms with Crippen molar-refractivity contribution in [1.29, 1.82) is 0 Å². The average Bonchev–Trinajstić information content (AvgIpc) is 2.89. The molecule has 0 bridgehead atoms. The number of hydrogen-bond acceptors (Lipinski definition) is 5. The maximum absolute atomic E-state index is 13.2. The molecule has 120 valence electrons. The molecule has 0 saturated carbocycles. The van der Waals surface area contributed by atoms with Gasteiger partial charge >= 0.3 is 10.2 Å². The van der Waals surface area contributed by atoms with Gasteiger partial charge < -0.3 is 4.90 Å². The van der Waals surface area contributed by atoms with Crippen molar-refractivity contribution in [3.05, 3.63) is 63.7 Å². The Balaban J connectivity index is 2.10. The number of fused-ring (bicyclic) bond motifs is 1. The second-order valence-electron chi connectivity index (χ2n) is 5.28. The largest absolute Gasteiger partial charge is 0.341 e. The summed E-state index contributed by atoms with van der Waals surface area (Å²) in [6.07, 6.45) is 0.773. The predicted octanol–water partition coefficient (Wildman–Crippen LogP) is 3.09. The molecular formula is C15H13FN2O4S. The zero-order valence-electron chi connectivity index (χ0n) is 12.0. The molecular weight excluding hydrogens is 323 g/mol. The molecule has 1 aliphatic rings. The summed E-state index contributed by atoms with van der Waals surface area (Å²) in [5.74, 6) is -0.886. The Morgan fingerprint density at radius 2 is 1.91 bits per heavy atom. The SMILES string of the molecule is O=[N+]([O-])c1ccc(N2CCc3ccccc32)c(CS(=O)(=O)F)c1. The molecule has 0 saturated heterocycles. The van der Waals surface area contributed by atoms with Crippen LogP contribution in [0.1, 0.15) is 11.1 Å². The van der Waals surface area contributed by atoms with Crippen molar-refractivity contribution >= 4 is 27.3 Å². The van der Waals surface area contributed by atoms with Gasteiger partial charge in [0.2, 0.25) is 0 Å². The van der Waals surface area contributed by atoms with Crippen LogP contribution in [0.5, 0.6) is 0 Å². The summed E-state index contributed by atoms with van der Waals surface area (Å²) in [6, 6.07) is 11.5. The van der Waals surface area contributed by atoms with Crippen molar-refractivity contribution in [2.75, 3.05) is 11.4 Å². The Morgan fingerprint density at radius 3 is 2.61 bits per heavy atom. The number of nitro benzene ring substituents is 1. The Hall–Kier alpha value is -2.48. The van der Waals surface area contributed by atoms with Crippen LogP contribution in [0.3, 0.4) is 0 Å². The van der Waals surface area contributed by atoms with Crippen molar-refractivity contribution in [2.45, 2.75) is 12.2 Å². The van der Waals surface area contributed by atoms with E-state index in [-0.39, 0.29) is 11.3 Å². The molecule has 0 N–H and O–H groups in total. The van der Waals surface area contributed by atoms with E-state index in [1.54, 1.807) is 0 Å². The molecule has 3 rings (SSSR count). The number of para-hydroxylation sites is 1. The minimum atomic E-state index is -4.80. The van der Waals surface area contributed by atoms with Crippen LogP contribution in [-0.4, -0.2) is 19.9 Å². The highest BCUT2D eigenvalue weighted by molar-refractivity contribution is 7.85. The lowest BCUT2D eigenvalue weighted by atomic mass is 10.1. The van der Waals surface area contributed by atoms with Crippen LogP contribution in [0, 0.1) is 10.1 Å². The quantitative estimate of drug-likeness (QED) is 0.487. The van der Waals surface area contributed by atoms with E-state index < -0.39 is 20.9 Å². The Kier molecular flexibility index (Phi) is 3.77. The van der Waals surface area contributed by atoms with Gasteiger partial charge in [0.05, 0.1) is 4.92 Å². The zero-order valence-corrected chi connectivity index (χ0v) is 12.8. The molecule has 0 fully saturated rings. The number of rotatable bonds is 4. The Bertz CT molecular complexity index is 883. The van der Waals surface area contributed by atoms with Gasteiger partial charge in [-0.05, 0) is 24.1 Å². The molecule has 0 unspecified atom stereocenters. The topological polar surface area (TPSA) is 80.5 Å². The molecule has 0 aromatic heterocycles. The normalized spacial score (nSPS) is 13.9. The summed E-state index contributed by atoms with van der Waals surface area (Å²) >= 11 is 0. The lowest BCUT2D eigenvalue weighted by Gasteiger charge is -2.22.